The maximum absolute atomic E-state index is 12.6. The van der Waals surface area contributed by atoms with Gasteiger partial charge >= 0.3 is 0 Å². The van der Waals surface area contributed by atoms with Gasteiger partial charge in [0, 0.05) is 52.1 Å². The van der Waals surface area contributed by atoms with Gasteiger partial charge in [-0.25, -0.2) is 4.98 Å². The average molecular weight is 410 g/mol. The summed E-state index contributed by atoms with van der Waals surface area (Å²) in [6.07, 6.45) is 4.79. The second kappa shape index (κ2) is 8.02. The molecule has 0 spiro atoms. The molecule has 30 heavy (non-hydrogen) atoms. The molecule has 1 N–H and O–H groups in total. The van der Waals surface area contributed by atoms with Crippen LogP contribution in [-0.4, -0.2) is 69.9 Å². The Morgan fingerprint density at radius 3 is 2.97 bits per heavy atom. The highest BCUT2D eigenvalue weighted by Crippen LogP contribution is 2.37. The van der Waals surface area contributed by atoms with Crippen molar-refractivity contribution in [2.75, 3.05) is 32.7 Å². The van der Waals surface area contributed by atoms with Gasteiger partial charge in [-0.1, -0.05) is 12.1 Å². The lowest BCUT2D eigenvalue weighted by molar-refractivity contribution is -0.145. The number of amides is 2. The first-order valence-electron chi connectivity index (χ1n) is 11.3. The Balaban J connectivity index is 1.13. The summed E-state index contributed by atoms with van der Waals surface area (Å²) >= 11 is 0. The minimum Gasteiger partial charge on any atom is -0.355 e. The van der Waals surface area contributed by atoms with Crippen LogP contribution in [-0.2, 0) is 23.1 Å². The van der Waals surface area contributed by atoms with E-state index in [1.54, 1.807) is 0 Å². The first-order chi connectivity index (χ1) is 14.6. The van der Waals surface area contributed by atoms with Crippen LogP contribution in [0.15, 0.2) is 24.3 Å². The maximum atomic E-state index is 12.6. The smallest absolute Gasteiger partial charge is 0.234 e. The van der Waals surface area contributed by atoms with Crippen LogP contribution >= 0.6 is 0 Å². The second-order valence-electron chi connectivity index (χ2n) is 9.24. The number of likely N-dealkylation sites (tertiary alicyclic amines) is 1. The number of piperidine rings is 3. The Bertz CT molecular complexity index is 954. The Morgan fingerprint density at radius 1 is 1.23 bits per heavy atom. The number of rotatable bonds is 5. The van der Waals surface area contributed by atoms with Gasteiger partial charge in [0.1, 0.15) is 5.82 Å². The van der Waals surface area contributed by atoms with Crippen LogP contribution in [0.25, 0.3) is 11.0 Å². The second-order valence-corrected chi connectivity index (χ2v) is 9.24. The van der Waals surface area contributed by atoms with E-state index in [0.717, 1.165) is 55.8 Å². The van der Waals surface area contributed by atoms with Crippen molar-refractivity contribution >= 4 is 22.8 Å². The van der Waals surface area contributed by atoms with Gasteiger partial charge in [-0.3, -0.25) is 14.5 Å². The summed E-state index contributed by atoms with van der Waals surface area (Å²) in [5.41, 5.74) is 2.12. The third-order valence-corrected chi connectivity index (χ3v) is 7.17. The summed E-state index contributed by atoms with van der Waals surface area (Å²) in [5.74, 6) is 2.45. The molecular weight excluding hydrogens is 378 g/mol. The number of nitrogens with one attached hydrogen (secondary N) is 1. The van der Waals surface area contributed by atoms with Gasteiger partial charge in [0.05, 0.1) is 17.6 Å². The molecule has 1 aromatic carbocycles. The lowest BCUT2D eigenvalue weighted by Gasteiger charge is -2.52. The molecule has 0 unspecified atom stereocenters. The van der Waals surface area contributed by atoms with Crippen LogP contribution < -0.4 is 5.32 Å². The van der Waals surface area contributed by atoms with E-state index in [0.29, 0.717) is 43.3 Å². The summed E-state index contributed by atoms with van der Waals surface area (Å²) in [7, 11) is 2.03. The van der Waals surface area contributed by atoms with Gasteiger partial charge in [-0.15, -0.1) is 0 Å². The lowest BCUT2D eigenvalue weighted by Crippen LogP contribution is -2.61. The van der Waals surface area contributed by atoms with E-state index in [1.165, 1.54) is 6.42 Å². The largest absolute Gasteiger partial charge is 0.355 e. The topological polar surface area (TPSA) is 70.5 Å². The fourth-order valence-corrected chi connectivity index (χ4v) is 5.83. The normalized spacial score (nSPS) is 26.6. The molecule has 2 aromatic rings. The van der Waals surface area contributed by atoms with Gasteiger partial charge in [-0.2, -0.15) is 0 Å². The van der Waals surface area contributed by atoms with Crippen molar-refractivity contribution in [3.63, 3.8) is 0 Å². The molecule has 2 bridgehead atoms. The SMILES string of the molecule is Cn1c(CCNC(=O)CN2C[C@@H]3C[C@H](C2)[C@H]2CCCC(=O)N2C3)nc2ccccc21. The van der Waals surface area contributed by atoms with Crippen LogP contribution in [0.3, 0.4) is 0 Å². The quantitative estimate of drug-likeness (QED) is 0.814. The van der Waals surface area contributed by atoms with Crippen molar-refractivity contribution in [2.24, 2.45) is 18.9 Å². The van der Waals surface area contributed by atoms with E-state index in [9.17, 15) is 9.59 Å². The minimum atomic E-state index is 0.0883. The molecule has 0 aliphatic carbocycles. The standard InChI is InChI=1S/C23H31N5O2/c1-26-20-6-3-2-5-18(20)25-21(26)9-10-24-22(29)15-27-12-16-11-17(14-27)19-7-4-8-23(30)28(19)13-16/h2-3,5-6,16-17,19H,4,7-15H2,1H3,(H,24,29)/t16-,17+,19+/m0/s1. The molecule has 0 radical (unpaired) electrons. The van der Waals surface area contributed by atoms with Crippen LogP contribution in [0.2, 0.25) is 0 Å². The predicted molar refractivity (Wildman–Crippen MR) is 115 cm³/mol. The van der Waals surface area contributed by atoms with E-state index < -0.39 is 0 Å². The van der Waals surface area contributed by atoms with Gasteiger partial charge in [0.2, 0.25) is 11.8 Å². The highest BCUT2D eigenvalue weighted by Gasteiger charge is 2.43. The van der Waals surface area contributed by atoms with Crippen LogP contribution in [0.4, 0.5) is 0 Å². The number of nitrogens with zero attached hydrogens (tertiary/aromatic N) is 4. The minimum absolute atomic E-state index is 0.0883. The Morgan fingerprint density at radius 2 is 2.10 bits per heavy atom. The van der Waals surface area contributed by atoms with Crippen LogP contribution in [0, 0.1) is 11.8 Å². The number of carbonyl (C=O) groups is 2. The number of hydrogen-bond donors (Lipinski definition) is 1. The molecule has 2 amide bonds. The summed E-state index contributed by atoms with van der Waals surface area (Å²) in [6, 6.07) is 8.50. The van der Waals surface area contributed by atoms with Crippen molar-refractivity contribution in [2.45, 2.75) is 38.1 Å². The third kappa shape index (κ3) is 3.71. The van der Waals surface area contributed by atoms with Crippen LogP contribution in [0.5, 0.6) is 0 Å². The monoisotopic (exact) mass is 409 g/mol. The maximum Gasteiger partial charge on any atom is 0.234 e. The molecule has 3 aliphatic heterocycles. The van der Waals surface area contributed by atoms with Gasteiger partial charge in [0.15, 0.2) is 0 Å². The van der Waals surface area contributed by atoms with E-state index in [4.69, 9.17) is 0 Å². The first-order valence-corrected chi connectivity index (χ1v) is 11.3. The summed E-state index contributed by atoms with van der Waals surface area (Å²) < 4.78 is 2.10. The number of hydrogen-bond acceptors (Lipinski definition) is 4. The Labute approximate surface area is 177 Å². The molecule has 3 saturated heterocycles. The Hall–Kier alpha value is -2.41. The van der Waals surface area contributed by atoms with Crippen molar-refractivity contribution in [3.05, 3.63) is 30.1 Å². The molecule has 5 rings (SSSR count). The molecule has 3 fully saturated rings. The Kier molecular flexibility index (Phi) is 5.23. The van der Waals surface area contributed by atoms with E-state index in [1.807, 2.05) is 25.2 Å². The van der Waals surface area contributed by atoms with Gasteiger partial charge < -0.3 is 14.8 Å². The van der Waals surface area contributed by atoms with Crippen molar-refractivity contribution in [1.82, 2.24) is 24.7 Å². The lowest BCUT2D eigenvalue weighted by atomic mass is 9.76. The summed E-state index contributed by atoms with van der Waals surface area (Å²) in [5, 5.41) is 3.08. The average Bonchev–Trinajstić information content (AvgIpc) is 3.05. The molecule has 3 atom stereocenters. The number of fused-ring (bicyclic) bond motifs is 5. The van der Waals surface area contributed by atoms with Crippen molar-refractivity contribution in [1.29, 1.82) is 0 Å². The third-order valence-electron chi connectivity index (χ3n) is 7.17. The molecular formula is C23H31N5O2. The van der Waals surface area contributed by atoms with E-state index in [2.05, 4.69) is 30.7 Å². The van der Waals surface area contributed by atoms with Gasteiger partial charge in [0.25, 0.3) is 0 Å². The summed E-state index contributed by atoms with van der Waals surface area (Å²) in [4.78, 5) is 34.0. The highest BCUT2D eigenvalue weighted by molar-refractivity contribution is 5.79. The number of para-hydroxylation sites is 2. The first kappa shape index (κ1) is 19.5. The number of aryl methyl sites for hydroxylation is 1. The number of imidazole rings is 1. The highest BCUT2D eigenvalue weighted by atomic mass is 16.2. The van der Waals surface area contributed by atoms with Crippen molar-refractivity contribution in [3.8, 4) is 0 Å². The molecule has 7 nitrogen and oxygen atoms in total. The molecule has 160 valence electrons. The van der Waals surface area contributed by atoms with Gasteiger partial charge in [-0.05, 0) is 43.2 Å². The number of aromatic nitrogens is 2. The van der Waals surface area contributed by atoms with E-state index >= 15 is 0 Å². The number of carbonyl (C=O) groups excluding carboxylic acids is 2. The molecule has 1 aromatic heterocycles. The number of benzene rings is 1. The zero-order valence-electron chi connectivity index (χ0n) is 17.7. The fourth-order valence-electron chi connectivity index (χ4n) is 5.83. The summed E-state index contributed by atoms with van der Waals surface area (Å²) in [6.45, 7) is 3.79. The van der Waals surface area contributed by atoms with Crippen LogP contribution in [0.1, 0.15) is 31.5 Å². The van der Waals surface area contributed by atoms with Crippen molar-refractivity contribution < 1.29 is 9.59 Å². The predicted octanol–water partition coefficient (Wildman–Crippen LogP) is 1.56. The molecule has 4 heterocycles. The zero-order chi connectivity index (χ0) is 20.7. The van der Waals surface area contributed by atoms with E-state index in [-0.39, 0.29) is 5.91 Å². The molecule has 0 saturated carbocycles. The zero-order valence-corrected chi connectivity index (χ0v) is 17.7. The fraction of sp³-hybridized carbons (Fsp3) is 0.609. The molecule has 7 heteroatoms. The molecule has 3 aliphatic rings.